The minimum Gasteiger partial charge on any atom is -0.354 e. The molecule has 2 aromatic rings. The molecule has 0 fully saturated rings. The first-order chi connectivity index (χ1) is 16.4. The Labute approximate surface area is 216 Å². The SMILES string of the molecule is CC[C@@H](C(=O)NCC(C)C)N(Cc1c(Cl)cccc1Cl)C(=O)CN(c1ccccc1F)S(C)(=O)=O. The molecular weight excluding hydrogens is 516 g/mol. The molecule has 11 heteroatoms. The molecule has 0 aromatic heterocycles. The van der Waals surface area contributed by atoms with Gasteiger partial charge in [-0.2, -0.15) is 0 Å². The molecule has 35 heavy (non-hydrogen) atoms. The maximum absolute atomic E-state index is 14.5. The van der Waals surface area contributed by atoms with Gasteiger partial charge in [-0.05, 0) is 36.6 Å². The smallest absolute Gasteiger partial charge is 0.244 e. The lowest BCUT2D eigenvalue weighted by atomic mass is 10.1. The maximum atomic E-state index is 14.5. The highest BCUT2D eigenvalue weighted by Crippen LogP contribution is 2.28. The highest BCUT2D eigenvalue weighted by molar-refractivity contribution is 7.92. The fraction of sp³-hybridized carbons (Fsp3) is 0.417. The molecule has 0 aliphatic rings. The largest absolute Gasteiger partial charge is 0.354 e. The van der Waals surface area contributed by atoms with Crippen molar-refractivity contribution in [3.63, 3.8) is 0 Å². The quantitative estimate of drug-likeness (QED) is 0.451. The van der Waals surface area contributed by atoms with Gasteiger partial charge >= 0.3 is 0 Å². The van der Waals surface area contributed by atoms with Crippen molar-refractivity contribution >= 4 is 50.7 Å². The zero-order chi connectivity index (χ0) is 26.3. The molecule has 2 rings (SSSR count). The Bertz CT molecular complexity index is 1140. The van der Waals surface area contributed by atoms with Gasteiger partial charge < -0.3 is 10.2 Å². The van der Waals surface area contributed by atoms with Crippen LogP contribution in [0.25, 0.3) is 0 Å². The van der Waals surface area contributed by atoms with Gasteiger partial charge in [-0.3, -0.25) is 13.9 Å². The highest BCUT2D eigenvalue weighted by Gasteiger charge is 2.33. The average Bonchev–Trinajstić information content (AvgIpc) is 2.77. The van der Waals surface area contributed by atoms with E-state index in [9.17, 15) is 22.4 Å². The summed E-state index contributed by atoms with van der Waals surface area (Å²) in [5.74, 6) is -1.72. The number of nitrogens with one attached hydrogen (secondary N) is 1. The van der Waals surface area contributed by atoms with E-state index in [1.165, 1.54) is 23.1 Å². The molecule has 0 unspecified atom stereocenters. The number of amides is 2. The molecule has 1 atom stereocenters. The lowest BCUT2D eigenvalue weighted by Crippen LogP contribution is -2.52. The van der Waals surface area contributed by atoms with Crippen LogP contribution in [0.2, 0.25) is 10.0 Å². The molecular formula is C24H30Cl2FN3O4S. The normalized spacial score (nSPS) is 12.3. The number of hydrogen-bond donors (Lipinski definition) is 1. The van der Waals surface area contributed by atoms with Gasteiger partial charge in [-0.15, -0.1) is 0 Å². The van der Waals surface area contributed by atoms with Gasteiger partial charge in [0, 0.05) is 28.7 Å². The van der Waals surface area contributed by atoms with Gasteiger partial charge in [-0.1, -0.05) is 62.2 Å². The van der Waals surface area contributed by atoms with Crippen LogP contribution in [-0.4, -0.2) is 50.5 Å². The van der Waals surface area contributed by atoms with Gasteiger partial charge in [0.2, 0.25) is 21.8 Å². The Morgan fingerprint density at radius 1 is 1.06 bits per heavy atom. The Hall–Kier alpha value is -2.36. The molecule has 0 spiro atoms. The van der Waals surface area contributed by atoms with E-state index >= 15 is 0 Å². The van der Waals surface area contributed by atoms with Crippen LogP contribution in [0.1, 0.15) is 32.8 Å². The monoisotopic (exact) mass is 545 g/mol. The van der Waals surface area contributed by atoms with E-state index in [2.05, 4.69) is 5.32 Å². The summed E-state index contributed by atoms with van der Waals surface area (Å²) in [5.41, 5.74) is 0.146. The molecule has 192 valence electrons. The van der Waals surface area contributed by atoms with Crippen LogP contribution in [0.15, 0.2) is 42.5 Å². The van der Waals surface area contributed by atoms with Crippen LogP contribution >= 0.6 is 23.2 Å². The third kappa shape index (κ3) is 7.81. The van der Waals surface area contributed by atoms with E-state index in [0.29, 0.717) is 26.5 Å². The van der Waals surface area contributed by atoms with E-state index < -0.39 is 40.2 Å². The zero-order valence-corrected chi connectivity index (χ0v) is 22.4. The van der Waals surface area contributed by atoms with Crippen molar-refractivity contribution in [2.45, 2.75) is 39.8 Å². The summed E-state index contributed by atoms with van der Waals surface area (Å²) in [5, 5.41) is 3.40. The zero-order valence-electron chi connectivity index (χ0n) is 20.1. The Balaban J connectivity index is 2.50. The number of benzene rings is 2. The number of para-hydroxylation sites is 1. The molecule has 0 saturated heterocycles. The molecule has 2 aromatic carbocycles. The fourth-order valence-electron chi connectivity index (χ4n) is 3.44. The van der Waals surface area contributed by atoms with Gasteiger partial charge in [0.15, 0.2) is 0 Å². The molecule has 0 aliphatic carbocycles. The number of rotatable bonds is 11. The molecule has 1 N–H and O–H groups in total. The predicted molar refractivity (Wildman–Crippen MR) is 138 cm³/mol. The standard InChI is InChI=1S/C24H30Cl2FN3O4S/c1-5-21(24(32)28-13-16(2)3)29(14-17-18(25)9-8-10-19(17)26)23(31)15-30(35(4,33)34)22-12-7-6-11-20(22)27/h6-12,16,21H,5,13-15H2,1-4H3,(H,28,32)/t21-/m0/s1. The van der Waals surface area contributed by atoms with Gasteiger partial charge in [-0.25, -0.2) is 12.8 Å². The predicted octanol–water partition coefficient (Wildman–Crippen LogP) is 4.48. The van der Waals surface area contributed by atoms with Crippen molar-refractivity contribution in [2.75, 3.05) is 23.7 Å². The minimum absolute atomic E-state index is 0.139. The Morgan fingerprint density at radius 3 is 2.17 bits per heavy atom. The van der Waals surface area contributed by atoms with E-state index in [1.807, 2.05) is 13.8 Å². The molecule has 0 heterocycles. The lowest BCUT2D eigenvalue weighted by molar-refractivity contribution is -0.140. The average molecular weight is 546 g/mol. The van der Waals surface area contributed by atoms with Crippen molar-refractivity contribution in [1.82, 2.24) is 10.2 Å². The van der Waals surface area contributed by atoms with Crippen LogP contribution in [0, 0.1) is 11.7 Å². The second-order valence-electron chi connectivity index (χ2n) is 8.51. The van der Waals surface area contributed by atoms with Crippen LogP contribution in [0.3, 0.4) is 0 Å². The number of anilines is 1. The van der Waals surface area contributed by atoms with Crippen LogP contribution in [0.4, 0.5) is 10.1 Å². The summed E-state index contributed by atoms with van der Waals surface area (Å²) < 4.78 is 40.2. The Morgan fingerprint density at radius 2 is 1.66 bits per heavy atom. The first kappa shape index (κ1) is 28.9. The number of nitrogens with zero attached hydrogens (tertiary/aromatic N) is 2. The van der Waals surface area contributed by atoms with Gasteiger partial charge in [0.05, 0.1) is 11.9 Å². The number of sulfonamides is 1. The maximum Gasteiger partial charge on any atom is 0.244 e. The minimum atomic E-state index is -4.04. The summed E-state index contributed by atoms with van der Waals surface area (Å²) in [4.78, 5) is 27.9. The number of carbonyl (C=O) groups is 2. The van der Waals surface area contributed by atoms with Gasteiger partial charge in [0.1, 0.15) is 18.4 Å². The van der Waals surface area contributed by atoms with Crippen molar-refractivity contribution in [1.29, 1.82) is 0 Å². The molecule has 2 amide bonds. The topological polar surface area (TPSA) is 86.8 Å². The third-order valence-corrected chi connectivity index (χ3v) is 7.10. The fourth-order valence-corrected chi connectivity index (χ4v) is 4.81. The molecule has 0 bridgehead atoms. The van der Waals surface area contributed by atoms with Crippen LogP contribution in [-0.2, 0) is 26.2 Å². The number of halogens is 3. The van der Waals surface area contributed by atoms with Crippen molar-refractivity contribution in [2.24, 2.45) is 5.92 Å². The summed E-state index contributed by atoms with van der Waals surface area (Å²) in [6.07, 6.45) is 1.13. The van der Waals surface area contributed by atoms with Gasteiger partial charge in [0.25, 0.3) is 0 Å². The summed E-state index contributed by atoms with van der Waals surface area (Å²) in [7, 11) is -4.04. The van der Waals surface area contributed by atoms with Crippen molar-refractivity contribution in [3.8, 4) is 0 Å². The molecule has 0 radical (unpaired) electrons. The van der Waals surface area contributed by atoms with E-state index in [0.717, 1.165) is 12.3 Å². The van der Waals surface area contributed by atoms with E-state index in [1.54, 1.807) is 25.1 Å². The molecule has 0 saturated carbocycles. The number of carbonyl (C=O) groups excluding carboxylic acids is 2. The first-order valence-electron chi connectivity index (χ1n) is 11.1. The molecule has 7 nitrogen and oxygen atoms in total. The van der Waals surface area contributed by atoms with Crippen LogP contribution < -0.4 is 9.62 Å². The van der Waals surface area contributed by atoms with Crippen molar-refractivity contribution < 1.29 is 22.4 Å². The third-order valence-electron chi connectivity index (χ3n) is 5.26. The first-order valence-corrected chi connectivity index (χ1v) is 13.7. The van der Waals surface area contributed by atoms with Crippen molar-refractivity contribution in [3.05, 3.63) is 63.9 Å². The second-order valence-corrected chi connectivity index (χ2v) is 11.2. The second kappa shape index (κ2) is 12.6. The lowest BCUT2D eigenvalue weighted by Gasteiger charge is -2.33. The number of hydrogen-bond acceptors (Lipinski definition) is 4. The summed E-state index contributed by atoms with van der Waals surface area (Å²) in [6, 6.07) is 9.18. The van der Waals surface area contributed by atoms with E-state index in [4.69, 9.17) is 23.2 Å². The van der Waals surface area contributed by atoms with E-state index in [-0.39, 0.29) is 24.6 Å². The summed E-state index contributed by atoms with van der Waals surface area (Å²) in [6.45, 7) is 5.15. The molecule has 0 aliphatic heterocycles. The Kier molecular flexibility index (Phi) is 10.4. The summed E-state index contributed by atoms with van der Waals surface area (Å²) >= 11 is 12.6. The van der Waals surface area contributed by atoms with Crippen LogP contribution in [0.5, 0.6) is 0 Å². The highest BCUT2D eigenvalue weighted by atomic mass is 35.5.